The lowest BCUT2D eigenvalue weighted by atomic mass is 9.51. The molecule has 1 saturated heterocycles. The zero-order valence-electron chi connectivity index (χ0n) is 33.7. The van der Waals surface area contributed by atoms with Gasteiger partial charge in [0.25, 0.3) is 0 Å². The summed E-state index contributed by atoms with van der Waals surface area (Å²) in [4.78, 5) is 59.0. The lowest BCUT2D eigenvalue weighted by Crippen LogP contribution is -2.63. The van der Waals surface area contributed by atoms with Crippen molar-refractivity contribution in [3.8, 4) is 11.4 Å². The Bertz CT molecular complexity index is 2320. The standard InChI is InChI=1S/C45H51N7O5/c1-42(2,3)36-23-37(49-41(56)48-34-18-19-35(33-13-9-8-12-32(33)34)57-22-20-29-11-10-21-46-24-29)52(50-36)31-16-14-30(15-17-31)25-47-38(53)43(4)26-44(5)28-45(6,27-43)40(55)51(7)39(44)54/h8-19,21,23-24H,20,22,25-28H2,1-7H3,(H,47,53)(H2,48,49,56). The zero-order valence-corrected chi connectivity index (χ0v) is 33.7. The van der Waals surface area contributed by atoms with Gasteiger partial charge in [-0.05, 0) is 60.7 Å². The summed E-state index contributed by atoms with van der Waals surface area (Å²) in [6, 6.07) is 24.5. The van der Waals surface area contributed by atoms with Crippen LogP contribution in [0, 0.1) is 16.2 Å². The highest BCUT2D eigenvalue weighted by Crippen LogP contribution is 2.58. The number of urea groups is 1. The quantitative estimate of drug-likeness (QED) is 0.123. The zero-order chi connectivity index (χ0) is 40.8. The predicted molar refractivity (Wildman–Crippen MR) is 220 cm³/mol. The molecule has 5 amide bonds. The van der Waals surface area contributed by atoms with Crippen molar-refractivity contribution < 1.29 is 23.9 Å². The van der Waals surface area contributed by atoms with Gasteiger partial charge >= 0.3 is 6.03 Å². The minimum absolute atomic E-state index is 0.177. The van der Waals surface area contributed by atoms with Crippen molar-refractivity contribution in [2.24, 2.45) is 16.2 Å². The number of ether oxygens (including phenoxy) is 1. The summed E-state index contributed by atoms with van der Waals surface area (Å²) in [6.45, 7) is 12.5. The highest BCUT2D eigenvalue weighted by Gasteiger charge is 2.62. The summed E-state index contributed by atoms with van der Waals surface area (Å²) in [7, 11) is 1.54. The van der Waals surface area contributed by atoms with Gasteiger partial charge in [0.15, 0.2) is 0 Å². The molecule has 3 N–H and O–H groups in total. The Morgan fingerprint density at radius 1 is 0.825 bits per heavy atom. The van der Waals surface area contributed by atoms with Crippen LogP contribution in [0.3, 0.4) is 0 Å². The van der Waals surface area contributed by atoms with Gasteiger partial charge in [0.1, 0.15) is 11.6 Å². The van der Waals surface area contributed by atoms with E-state index in [1.54, 1.807) is 17.9 Å². The molecule has 3 heterocycles. The number of likely N-dealkylation sites (tertiary alicyclic amines) is 1. The first-order valence-electron chi connectivity index (χ1n) is 19.4. The second kappa shape index (κ2) is 14.8. The average molecular weight is 770 g/mol. The van der Waals surface area contributed by atoms with Gasteiger partial charge in [0.05, 0.1) is 23.7 Å². The van der Waals surface area contributed by atoms with Crippen molar-refractivity contribution in [3.05, 3.63) is 108 Å². The topological polar surface area (TPSA) is 148 Å². The fourth-order valence-electron chi connectivity index (χ4n) is 8.92. The summed E-state index contributed by atoms with van der Waals surface area (Å²) >= 11 is 0. The van der Waals surface area contributed by atoms with E-state index >= 15 is 0 Å². The van der Waals surface area contributed by atoms with Crippen molar-refractivity contribution in [3.63, 3.8) is 0 Å². The molecule has 0 spiro atoms. The number of carbonyl (C=O) groups is 4. The minimum Gasteiger partial charge on any atom is -0.493 e. The number of carbonyl (C=O) groups excluding carboxylic acids is 4. The number of nitrogens with zero attached hydrogens (tertiary/aromatic N) is 4. The number of nitrogens with one attached hydrogen (secondary N) is 3. The molecule has 1 aliphatic heterocycles. The first-order valence-corrected chi connectivity index (χ1v) is 19.4. The maximum atomic E-state index is 13.7. The Balaban J connectivity index is 1.04. The van der Waals surface area contributed by atoms with Crippen LogP contribution < -0.4 is 20.7 Å². The average Bonchev–Trinajstić information content (AvgIpc) is 3.61. The third-order valence-corrected chi connectivity index (χ3v) is 11.4. The van der Waals surface area contributed by atoms with Gasteiger partial charge in [0, 0.05) is 70.9 Å². The molecule has 0 radical (unpaired) electrons. The fraction of sp³-hybridized carbons (Fsp3) is 0.378. The first-order chi connectivity index (χ1) is 27.0. The van der Waals surface area contributed by atoms with Crippen LogP contribution in [0.15, 0.2) is 91.3 Å². The molecule has 2 unspecified atom stereocenters. The molecule has 1 saturated carbocycles. The molecular weight excluding hydrogens is 719 g/mol. The van der Waals surface area contributed by atoms with E-state index in [0.29, 0.717) is 37.4 Å². The van der Waals surface area contributed by atoms with Crippen molar-refractivity contribution in [2.45, 2.75) is 79.2 Å². The molecule has 2 fully saturated rings. The van der Waals surface area contributed by atoms with Crippen molar-refractivity contribution in [1.29, 1.82) is 0 Å². The molecule has 296 valence electrons. The van der Waals surface area contributed by atoms with E-state index in [4.69, 9.17) is 9.84 Å². The summed E-state index contributed by atoms with van der Waals surface area (Å²) in [5, 5.41) is 15.7. The number of hydrogen-bond donors (Lipinski definition) is 3. The lowest BCUT2D eigenvalue weighted by molar-refractivity contribution is -0.178. The Hall–Kier alpha value is -6.04. The number of amides is 5. The van der Waals surface area contributed by atoms with Crippen LogP contribution in [0.5, 0.6) is 5.75 Å². The number of rotatable bonds is 10. The van der Waals surface area contributed by atoms with Crippen LogP contribution in [-0.4, -0.2) is 57.1 Å². The summed E-state index contributed by atoms with van der Waals surface area (Å²) in [5.74, 6) is 0.599. The van der Waals surface area contributed by atoms with E-state index in [9.17, 15) is 19.2 Å². The fourth-order valence-corrected chi connectivity index (χ4v) is 8.92. The molecule has 2 aliphatic rings. The number of imide groups is 1. The second-order valence-electron chi connectivity index (χ2n) is 17.5. The second-order valence-corrected chi connectivity index (χ2v) is 17.5. The van der Waals surface area contributed by atoms with Gasteiger partial charge in [-0.1, -0.05) is 84.0 Å². The summed E-state index contributed by atoms with van der Waals surface area (Å²) < 4.78 is 7.87. The van der Waals surface area contributed by atoms with E-state index in [0.717, 1.165) is 45.5 Å². The van der Waals surface area contributed by atoms with Gasteiger partial charge in [0.2, 0.25) is 17.7 Å². The number of pyridine rings is 1. The molecule has 57 heavy (non-hydrogen) atoms. The summed E-state index contributed by atoms with van der Waals surface area (Å²) in [6.07, 6.45) is 5.50. The van der Waals surface area contributed by atoms with E-state index in [-0.39, 0.29) is 29.7 Å². The highest BCUT2D eigenvalue weighted by molar-refractivity contribution is 6.07. The molecule has 3 aromatic carbocycles. The van der Waals surface area contributed by atoms with Crippen LogP contribution >= 0.6 is 0 Å². The van der Waals surface area contributed by atoms with Crippen LogP contribution in [0.4, 0.5) is 16.3 Å². The third kappa shape index (κ3) is 7.85. The van der Waals surface area contributed by atoms with Crippen molar-refractivity contribution in [1.82, 2.24) is 25.0 Å². The largest absolute Gasteiger partial charge is 0.493 e. The van der Waals surface area contributed by atoms with Gasteiger partial charge in [-0.15, -0.1) is 0 Å². The molecule has 1 aliphatic carbocycles. The van der Waals surface area contributed by atoms with Crippen LogP contribution in [0.1, 0.15) is 77.6 Å². The monoisotopic (exact) mass is 769 g/mol. The molecular formula is C45H51N7O5. The number of benzene rings is 3. The summed E-state index contributed by atoms with van der Waals surface area (Å²) in [5.41, 5.74) is 1.38. The van der Waals surface area contributed by atoms with E-state index in [1.165, 1.54) is 4.90 Å². The van der Waals surface area contributed by atoms with E-state index in [2.05, 4.69) is 41.7 Å². The highest BCUT2D eigenvalue weighted by atomic mass is 16.5. The lowest BCUT2D eigenvalue weighted by Gasteiger charge is -2.55. The SMILES string of the molecule is CN1C(=O)C2(C)CC(C)(C(=O)NCc3ccc(-n4nc(C(C)(C)C)cc4NC(=O)Nc4ccc(OCCc5cccnc5)c5ccccc45)cc3)CC(C)(C2)C1=O. The van der Waals surface area contributed by atoms with Crippen LogP contribution in [0.25, 0.3) is 16.5 Å². The Labute approximate surface area is 333 Å². The number of fused-ring (bicyclic) bond motifs is 3. The predicted octanol–water partition coefficient (Wildman–Crippen LogP) is 7.80. The van der Waals surface area contributed by atoms with Crippen LogP contribution in [-0.2, 0) is 32.8 Å². The maximum absolute atomic E-state index is 13.7. The first kappa shape index (κ1) is 39.2. The molecule has 2 aromatic heterocycles. The number of aromatic nitrogens is 3. The number of hydrogen-bond acceptors (Lipinski definition) is 7. The molecule has 2 atom stereocenters. The Morgan fingerprint density at radius 3 is 2.16 bits per heavy atom. The third-order valence-electron chi connectivity index (χ3n) is 11.4. The molecule has 2 bridgehead atoms. The van der Waals surface area contributed by atoms with Crippen LogP contribution in [0.2, 0.25) is 0 Å². The van der Waals surface area contributed by atoms with E-state index in [1.807, 2.05) is 106 Å². The molecule has 12 heteroatoms. The molecule has 7 rings (SSSR count). The van der Waals surface area contributed by atoms with Gasteiger partial charge in [-0.25, -0.2) is 9.48 Å². The maximum Gasteiger partial charge on any atom is 0.324 e. The molecule has 5 aromatic rings. The minimum atomic E-state index is -0.878. The Morgan fingerprint density at radius 2 is 1.51 bits per heavy atom. The number of piperidine rings is 1. The van der Waals surface area contributed by atoms with Gasteiger partial charge in [-0.2, -0.15) is 5.10 Å². The number of anilines is 2. The van der Waals surface area contributed by atoms with Crippen molar-refractivity contribution >= 4 is 46.0 Å². The van der Waals surface area contributed by atoms with Gasteiger partial charge in [-0.3, -0.25) is 29.6 Å². The normalized spacial score (nSPS) is 22.0. The van der Waals surface area contributed by atoms with Gasteiger partial charge < -0.3 is 15.4 Å². The van der Waals surface area contributed by atoms with Crippen molar-refractivity contribution in [2.75, 3.05) is 24.3 Å². The van der Waals surface area contributed by atoms with E-state index < -0.39 is 22.3 Å². The Kier molecular flexibility index (Phi) is 10.2. The smallest absolute Gasteiger partial charge is 0.324 e. The molecule has 12 nitrogen and oxygen atoms in total.